The van der Waals surface area contributed by atoms with Gasteiger partial charge in [0.25, 0.3) is 0 Å². The maximum absolute atomic E-state index is 12.1. The van der Waals surface area contributed by atoms with E-state index < -0.39 is 0 Å². The first-order valence-electron chi connectivity index (χ1n) is 7.30. The number of hydrogen-bond acceptors (Lipinski definition) is 7. The minimum Gasteiger partial charge on any atom is -0.299 e. The molecule has 0 aliphatic carbocycles. The molecule has 1 N–H and O–H groups in total. The molecule has 0 saturated carbocycles. The Bertz CT molecular complexity index is 639. The summed E-state index contributed by atoms with van der Waals surface area (Å²) in [4.78, 5) is 18.6. The maximum atomic E-state index is 12.1. The smallest absolute Gasteiger partial charge is 0.240 e. The summed E-state index contributed by atoms with van der Waals surface area (Å²) in [6.45, 7) is 5.93. The average Bonchev–Trinajstić information content (AvgIpc) is 3.16. The van der Waals surface area contributed by atoms with E-state index in [-0.39, 0.29) is 5.91 Å². The van der Waals surface area contributed by atoms with E-state index in [9.17, 15) is 4.79 Å². The van der Waals surface area contributed by atoms with Gasteiger partial charge in [-0.3, -0.25) is 15.0 Å². The van der Waals surface area contributed by atoms with Gasteiger partial charge in [0.2, 0.25) is 11.0 Å². The van der Waals surface area contributed by atoms with Crippen LogP contribution < -0.4 is 5.32 Å². The van der Waals surface area contributed by atoms with Gasteiger partial charge in [0, 0.05) is 6.04 Å². The molecule has 1 saturated heterocycles. The van der Waals surface area contributed by atoms with Crippen molar-refractivity contribution in [3.05, 3.63) is 17.2 Å². The van der Waals surface area contributed by atoms with E-state index in [2.05, 4.69) is 30.5 Å². The summed E-state index contributed by atoms with van der Waals surface area (Å²) >= 11 is 1.32. The molecular formula is C13H19N7OS. The zero-order valence-electron chi connectivity index (χ0n) is 12.7. The Morgan fingerprint density at radius 1 is 1.50 bits per heavy atom. The molecule has 2 aromatic heterocycles. The number of anilines is 1. The molecule has 22 heavy (non-hydrogen) atoms. The first-order valence-corrected chi connectivity index (χ1v) is 8.18. The van der Waals surface area contributed by atoms with Gasteiger partial charge in [-0.05, 0) is 33.2 Å². The van der Waals surface area contributed by atoms with Crippen molar-refractivity contribution in [1.82, 2.24) is 29.9 Å². The van der Waals surface area contributed by atoms with Crippen LogP contribution in [0.25, 0.3) is 0 Å². The van der Waals surface area contributed by atoms with Crippen LogP contribution in [0.1, 0.15) is 24.5 Å². The van der Waals surface area contributed by atoms with Gasteiger partial charge < -0.3 is 0 Å². The zero-order valence-corrected chi connectivity index (χ0v) is 13.5. The lowest BCUT2D eigenvalue weighted by Crippen LogP contribution is -2.39. The molecule has 9 heteroatoms. The molecule has 0 spiro atoms. The molecule has 0 unspecified atom stereocenters. The fraction of sp³-hybridized carbons (Fsp3) is 0.615. The predicted octanol–water partition coefficient (Wildman–Crippen LogP) is 0.850. The lowest BCUT2D eigenvalue weighted by Gasteiger charge is -2.23. The fourth-order valence-electron chi connectivity index (χ4n) is 2.81. The number of hydrogen-bond donors (Lipinski definition) is 1. The van der Waals surface area contributed by atoms with E-state index in [0.29, 0.717) is 17.7 Å². The summed E-state index contributed by atoms with van der Waals surface area (Å²) in [6, 6.07) is 0.319. The third-order valence-corrected chi connectivity index (χ3v) is 4.41. The molecule has 2 aromatic rings. The minimum absolute atomic E-state index is 0.0462. The van der Waals surface area contributed by atoms with Crippen LogP contribution in [0.15, 0.2) is 5.51 Å². The van der Waals surface area contributed by atoms with Crippen molar-refractivity contribution < 1.29 is 4.79 Å². The number of aryl methyl sites for hydroxylation is 2. The van der Waals surface area contributed by atoms with Crippen LogP contribution in [-0.2, 0) is 11.3 Å². The predicted molar refractivity (Wildman–Crippen MR) is 82.6 cm³/mol. The van der Waals surface area contributed by atoms with E-state index in [4.69, 9.17) is 0 Å². The number of likely N-dealkylation sites (tertiary alicyclic amines) is 1. The Kier molecular flexibility index (Phi) is 4.44. The van der Waals surface area contributed by atoms with Gasteiger partial charge in [0.1, 0.15) is 17.2 Å². The Labute approximate surface area is 132 Å². The quantitative estimate of drug-likeness (QED) is 0.878. The van der Waals surface area contributed by atoms with Crippen LogP contribution in [0.5, 0.6) is 0 Å². The van der Waals surface area contributed by atoms with Gasteiger partial charge in [0.05, 0.1) is 13.1 Å². The van der Waals surface area contributed by atoms with Crippen LogP contribution in [0.3, 0.4) is 0 Å². The van der Waals surface area contributed by atoms with Crippen molar-refractivity contribution >= 4 is 22.4 Å². The van der Waals surface area contributed by atoms with E-state index in [0.717, 1.165) is 37.6 Å². The fourth-order valence-corrected chi connectivity index (χ4v) is 3.28. The second-order valence-corrected chi connectivity index (χ2v) is 6.28. The van der Waals surface area contributed by atoms with Gasteiger partial charge >= 0.3 is 0 Å². The van der Waals surface area contributed by atoms with Crippen molar-refractivity contribution in [3.8, 4) is 0 Å². The van der Waals surface area contributed by atoms with E-state index >= 15 is 0 Å². The van der Waals surface area contributed by atoms with E-state index in [1.165, 1.54) is 11.3 Å². The van der Waals surface area contributed by atoms with Gasteiger partial charge in [0.15, 0.2) is 0 Å². The van der Waals surface area contributed by atoms with Crippen LogP contribution in [0, 0.1) is 13.8 Å². The second-order valence-electron chi connectivity index (χ2n) is 5.45. The average molecular weight is 321 g/mol. The Morgan fingerprint density at radius 3 is 3.05 bits per heavy atom. The molecule has 8 nitrogen and oxygen atoms in total. The Balaban J connectivity index is 1.58. The largest absolute Gasteiger partial charge is 0.299 e. The summed E-state index contributed by atoms with van der Waals surface area (Å²) in [5, 5.41) is 15.3. The second kappa shape index (κ2) is 6.49. The number of rotatable bonds is 5. The van der Waals surface area contributed by atoms with Crippen LogP contribution in [0.4, 0.5) is 5.13 Å². The molecule has 118 valence electrons. The highest BCUT2D eigenvalue weighted by atomic mass is 32.1. The first kappa shape index (κ1) is 15.0. The summed E-state index contributed by atoms with van der Waals surface area (Å²) < 4.78 is 1.93. The molecule has 3 heterocycles. The molecule has 1 aliphatic rings. The molecule has 3 rings (SSSR count). The van der Waals surface area contributed by atoms with Crippen LogP contribution in [0.2, 0.25) is 0 Å². The summed E-state index contributed by atoms with van der Waals surface area (Å²) in [6.07, 6.45) is 2.17. The lowest BCUT2D eigenvalue weighted by molar-refractivity contribution is -0.117. The zero-order chi connectivity index (χ0) is 15.5. The van der Waals surface area contributed by atoms with Gasteiger partial charge in [-0.2, -0.15) is 5.10 Å². The molecule has 1 atom stereocenters. The Morgan fingerprint density at radius 2 is 2.36 bits per heavy atom. The maximum Gasteiger partial charge on any atom is 0.240 e. The van der Waals surface area contributed by atoms with Crippen molar-refractivity contribution in [3.63, 3.8) is 0 Å². The van der Waals surface area contributed by atoms with Crippen molar-refractivity contribution in [2.75, 3.05) is 18.4 Å². The van der Waals surface area contributed by atoms with Crippen LogP contribution in [-0.4, -0.2) is 54.9 Å². The van der Waals surface area contributed by atoms with Gasteiger partial charge in [-0.15, -0.1) is 10.2 Å². The number of amides is 1. The topological polar surface area (TPSA) is 88.8 Å². The van der Waals surface area contributed by atoms with E-state index in [1.807, 2.05) is 18.5 Å². The number of nitrogens with one attached hydrogen (secondary N) is 1. The van der Waals surface area contributed by atoms with Crippen molar-refractivity contribution in [2.45, 2.75) is 39.3 Å². The lowest BCUT2D eigenvalue weighted by atomic mass is 10.2. The Hall–Kier alpha value is -1.87. The molecule has 1 fully saturated rings. The highest BCUT2D eigenvalue weighted by molar-refractivity contribution is 7.13. The first-order chi connectivity index (χ1) is 10.6. The standard InChI is InChI=1S/C13H19N7OS/c1-9-15-10(2)20(18-9)6-11-4-3-5-19(11)7-12(21)16-13-17-14-8-22-13/h8,11H,3-7H2,1-2H3,(H,16,17,21)/t11-/m0/s1. The monoisotopic (exact) mass is 321 g/mol. The molecule has 1 amide bonds. The number of carbonyl (C=O) groups excluding carboxylic acids is 1. The SMILES string of the molecule is Cc1nc(C)n(C[C@@H]2CCCN2CC(=O)Nc2nncs2)n1. The third-order valence-electron chi connectivity index (χ3n) is 3.80. The molecular weight excluding hydrogens is 302 g/mol. The normalized spacial score (nSPS) is 18.7. The summed E-state index contributed by atoms with van der Waals surface area (Å²) in [7, 11) is 0. The molecule has 0 aromatic carbocycles. The van der Waals surface area contributed by atoms with Gasteiger partial charge in [-0.1, -0.05) is 11.3 Å². The highest BCUT2D eigenvalue weighted by Crippen LogP contribution is 2.19. The van der Waals surface area contributed by atoms with Gasteiger partial charge in [-0.25, -0.2) is 9.67 Å². The summed E-state index contributed by atoms with van der Waals surface area (Å²) in [5.74, 6) is 1.66. The molecule has 0 bridgehead atoms. The van der Waals surface area contributed by atoms with Crippen molar-refractivity contribution in [1.29, 1.82) is 0 Å². The highest BCUT2D eigenvalue weighted by Gasteiger charge is 2.27. The number of aromatic nitrogens is 5. The molecule has 1 aliphatic heterocycles. The third kappa shape index (κ3) is 3.47. The molecule has 0 radical (unpaired) electrons. The van der Waals surface area contributed by atoms with Crippen LogP contribution >= 0.6 is 11.3 Å². The van der Waals surface area contributed by atoms with Crippen molar-refractivity contribution in [2.24, 2.45) is 0 Å². The number of nitrogens with zero attached hydrogens (tertiary/aromatic N) is 6. The number of carbonyl (C=O) groups is 1. The minimum atomic E-state index is -0.0462. The van der Waals surface area contributed by atoms with E-state index in [1.54, 1.807) is 5.51 Å². The summed E-state index contributed by atoms with van der Waals surface area (Å²) in [5.41, 5.74) is 1.60.